The smallest absolute Gasteiger partial charge is 0.0950 e. The number of furan rings is 1. The summed E-state index contributed by atoms with van der Waals surface area (Å²) >= 11 is 5.98. The largest absolute Gasteiger partial charge is 0.472 e. The zero-order chi connectivity index (χ0) is 13.0. The molecule has 0 radical (unpaired) electrons. The summed E-state index contributed by atoms with van der Waals surface area (Å²) in [5, 5.41) is 0.758. The van der Waals surface area contributed by atoms with Gasteiger partial charge in [0.1, 0.15) is 0 Å². The van der Waals surface area contributed by atoms with Crippen LogP contribution in [0.4, 0.5) is 0 Å². The first-order chi connectivity index (χ1) is 8.70. The molecule has 0 bridgehead atoms. The van der Waals surface area contributed by atoms with Crippen LogP contribution in [-0.2, 0) is 6.54 Å². The lowest BCUT2D eigenvalue weighted by Gasteiger charge is -2.26. The molecule has 3 nitrogen and oxygen atoms in total. The summed E-state index contributed by atoms with van der Waals surface area (Å²) < 4.78 is 5.11. The quantitative estimate of drug-likeness (QED) is 0.903. The summed E-state index contributed by atoms with van der Waals surface area (Å²) in [5.74, 6) is 0. The van der Waals surface area contributed by atoms with Crippen molar-refractivity contribution in [2.75, 3.05) is 13.6 Å². The molecule has 0 spiro atoms. The molecular formula is C14H17ClN2O. The molecule has 0 amide bonds. The van der Waals surface area contributed by atoms with Crippen molar-refractivity contribution in [3.63, 3.8) is 0 Å². The van der Waals surface area contributed by atoms with Crippen LogP contribution in [0.1, 0.15) is 17.2 Å². The van der Waals surface area contributed by atoms with Gasteiger partial charge in [0, 0.05) is 23.7 Å². The van der Waals surface area contributed by atoms with Gasteiger partial charge in [0.2, 0.25) is 0 Å². The van der Waals surface area contributed by atoms with Crippen LogP contribution < -0.4 is 5.73 Å². The molecular weight excluding hydrogens is 248 g/mol. The van der Waals surface area contributed by atoms with Crippen molar-refractivity contribution in [1.82, 2.24) is 4.90 Å². The molecule has 4 heteroatoms. The molecule has 0 fully saturated rings. The lowest BCUT2D eigenvalue weighted by molar-refractivity contribution is 0.241. The second-order valence-corrected chi connectivity index (χ2v) is 4.79. The minimum absolute atomic E-state index is 0.155. The Balaban J connectivity index is 2.08. The molecule has 1 unspecified atom stereocenters. The van der Waals surface area contributed by atoms with Gasteiger partial charge in [-0.25, -0.2) is 0 Å². The first-order valence-electron chi connectivity index (χ1n) is 5.87. The predicted molar refractivity (Wildman–Crippen MR) is 73.4 cm³/mol. The molecule has 2 N–H and O–H groups in total. The number of likely N-dealkylation sites (N-methyl/N-ethyl adjacent to an activating group) is 1. The SMILES string of the molecule is CN(Cc1cccc(Cl)c1)C(CN)c1ccoc1. The highest BCUT2D eigenvalue weighted by molar-refractivity contribution is 6.30. The molecule has 2 rings (SSSR count). The van der Waals surface area contributed by atoms with Crippen molar-refractivity contribution in [3.8, 4) is 0 Å². The normalized spacial score (nSPS) is 12.9. The summed E-state index contributed by atoms with van der Waals surface area (Å²) in [7, 11) is 2.05. The standard InChI is InChI=1S/C14H17ClN2O/c1-17(9-11-3-2-4-13(15)7-11)14(8-16)12-5-6-18-10-12/h2-7,10,14H,8-9,16H2,1H3. The molecule has 1 atom stereocenters. The minimum atomic E-state index is 0.155. The fourth-order valence-electron chi connectivity index (χ4n) is 2.07. The Bertz CT molecular complexity index is 484. The number of benzene rings is 1. The van der Waals surface area contributed by atoms with Crippen molar-refractivity contribution in [3.05, 3.63) is 59.0 Å². The molecule has 96 valence electrons. The Hall–Kier alpha value is -1.29. The van der Waals surface area contributed by atoms with E-state index in [1.165, 1.54) is 5.56 Å². The Kier molecular flexibility index (Phi) is 4.42. The summed E-state index contributed by atoms with van der Waals surface area (Å²) in [6.07, 6.45) is 3.41. The van der Waals surface area contributed by atoms with Gasteiger partial charge in [-0.1, -0.05) is 23.7 Å². The van der Waals surface area contributed by atoms with Crippen molar-refractivity contribution in [2.45, 2.75) is 12.6 Å². The van der Waals surface area contributed by atoms with Gasteiger partial charge >= 0.3 is 0 Å². The lowest BCUT2D eigenvalue weighted by atomic mass is 10.1. The van der Waals surface area contributed by atoms with E-state index in [0.29, 0.717) is 6.54 Å². The fraction of sp³-hybridized carbons (Fsp3) is 0.286. The van der Waals surface area contributed by atoms with Crippen LogP contribution >= 0.6 is 11.6 Å². The highest BCUT2D eigenvalue weighted by atomic mass is 35.5. The van der Waals surface area contributed by atoms with Crippen LogP contribution in [0, 0.1) is 0 Å². The van der Waals surface area contributed by atoms with Gasteiger partial charge in [0.25, 0.3) is 0 Å². The van der Waals surface area contributed by atoms with E-state index in [9.17, 15) is 0 Å². The van der Waals surface area contributed by atoms with E-state index < -0.39 is 0 Å². The van der Waals surface area contributed by atoms with E-state index in [0.717, 1.165) is 17.1 Å². The number of halogens is 1. The molecule has 1 aromatic heterocycles. The van der Waals surface area contributed by atoms with Gasteiger partial charge in [0.15, 0.2) is 0 Å². The molecule has 1 aromatic carbocycles. The third-order valence-electron chi connectivity index (χ3n) is 3.00. The first-order valence-corrected chi connectivity index (χ1v) is 6.25. The number of hydrogen-bond donors (Lipinski definition) is 1. The summed E-state index contributed by atoms with van der Waals surface area (Å²) in [6, 6.07) is 9.98. The molecule has 0 aliphatic carbocycles. The Morgan fingerprint density at radius 1 is 1.39 bits per heavy atom. The van der Waals surface area contributed by atoms with E-state index in [1.807, 2.05) is 31.3 Å². The predicted octanol–water partition coefficient (Wildman–Crippen LogP) is 3.06. The van der Waals surface area contributed by atoms with Crippen LogP contribution in [0.5, 0.6) is 0 Å². The van der Waals surface area contributed by atoms with Crippen molar-refractivity contribution in [2.24, 2.45) is 5.73 Å². The van der Waals surface area contributed by atoms with E-state index in [4.69, 9.17) is 21.8 Å². The molecule has 0 saturated carbocycles. The topological polar surface area (TPSA) is 42.4 Å². The average molecular weight is 265 g/mol. The van der Waals surface area contributed by atoms with Crippen LogP contribution in [0.2, 0.25) is 5.02 Å². The molecule has 2 aromatic rings. The Labute approximate surface area is 112 Å². The van der Waals surface area contributed by atoms with E-state index in [1.54, 1.807) is 12.5 Å². The maximum atomic E-state index is 5.98. The third kappa shape index (κ3) is 3.13. The maximum Gasteiger partial charge on any atom is 0.0950 e. The number of rotatable bonds is 5. The highest BCUT2D eigenvalue weighted by Crippen LogP contribution is 2.21. The number of nitrogens with two attached hydrogens (primary N) is 1. The van der Waals surface area contributed by atoms with Gasteiger partial charge in [-0.15, -0.1) is 0 Å². The van der Waals surface area contributed by atoms with Crippen molar-refractivity contribution < 1.29 is 4.42 Å². The van der Waals surface area contributed by atoms with E-state index in [2.05, 4.69) is 11.0 Å². The monoisotopic (exact) mass is 264 g/mol. The van der Waals surface area contributed by atoms with Gasteiger partial charge < -0.3 is 10.2 Å². The summed E-state index contributed by atoms with van der Waals surface area (Å²) in [6.45, 7) is 1.35. The number of nitrogens with zero attached hydrogens (tertiary/aromatic N) is 1. The second kappa shape index (κ2) is 6.05. The minimum Gasteiger partial charge on any atom is -0.472 e. The van der Waals surface area contributed by atoms with Crippen molar-refractivity contribution >= 4 is 11.6 Å². The maximum absolute atomic E-state index is 5.98. The van der Waals surface area contributed by atoms with Crippen LogP contribution in [0.3, 0.4) is 0 Å². The molecule has 0 aliphatic rings. The first kappa shape index (κ1) is 13.1. The van der Waals surface area contributed by atoms with Crippen LogP contribution in [0.25, 0.3) is 0 Å². The van der Waals surface area contributed by atoms with Gasteiger partial charge in [-0.05, 0) is 30.8 Å². The molecule has 18 heavy (non-hydrogen) atoms. The van der Waals surface area contributed by atoms with E-state index >= 15 is 0 Å². The zero-order valence-electron chi connectivity index (χ0n) is 10.3. The molecule has 0 aliphatic heterocycles. The van der Waals surface area contributed by atoms with Gasteiger partial charge in [-0.3, -0.25) is 4.90 Å². The second-order valence-electron chi connectivity index (χ2n) is 4.35. The Morgan fingerprint density at radius 2 is 2.22 bits per heavy atom. The van der Waals surface area contributed by atoms with Crippen molar-refractivity contribution in [1.29, 1.82) is 0 Å². The third-order valence-corrected chi connectivity index (χ3v) is 3.24. The molecule has 1 heterocycles. The lowest BCUT2D eigenvalue weighted by Crippen LogP contribution is -2.29. The summed E-state index contributed by atoms with van der Waals surface area (Å²) in [4.78, 5) is 2.19. The van der Waals surface area contributed by atoms with Gasteiger partial charge in [0.05, 0.1) is 18.6 Å². The average Bonchev–Trinajstić information content (AvgIpc) is 2.83. The number of hydrogen-bond acceptors (Lipinski definition) is 3. The fourth-order valence-corrected chi connectivity index (χ4v) is 2.28. The van der Waals surface area contributed by atoms with E-state index in [-0.39, 0.29) is 6.04 Å². The van der Waals surface area contributed by atoms with Crippen LogP contribution in [-0.4, -0.2) is 18.5 Å². The summed E-state index contributed by atoms with van der Waals surface area (Å²) in [5.41, 5.74) is 8.11. The molecule has 0 saturated heterocycles. The zero-order valence-corrected chi connectivity index (χ0v) is 11.1. The highest BCUT2D eigenvalue weighted by Gasteiger charge is 2.16. The van der Waals surface area contributed by atoms with Crippen LogP contribution in [0.15, 0.2) is 47.3 Å². The van der Waals surface area contributed by atoms with Gasteiger partial charge in [-0.2, -0.15) is 0 Å². The Morgan fingerprint density at radius 3 is 2.83 bits per heavy atom.